The minimum absolute atomic E-state index is 0.442. The topological polar surface area (TPSA) is 48.0 Å². The lowest BCUT2D eigenvalue weighted by Gasteiger charge is -2.24. The highest BCUT2D eigenvalue weighted by Crippen LogP contribution is 2.37. The van der Waals surface area contributed by atoms with Crippen LogP contribution in [-0.4, -0.2) is 25.9 Å². The van der Waals surface area contributed by atoms with Crippen LogP contribution in [-0.2, 0) is 4.74 Å². The van der Waals surface area contributed by atoms with E-state index in [-0.39, 0.29) is 0 Å². The van der Waals surface area contributed by atoms with Crippen LogP contribution >= 0.6 is 34.4 Å². The van der Waals surface area contributed by atoms with Gasteiger partial charge in [0.1, 0.15) is 17.1 Å². The third-order valence-corrected chi connectivity index (χ3v) is 3.62. The van der Waals surface area contributed by atoms with Gasteiger partial charge >= 0.3 is 6.09 Å². The summed E-state index contributed by atoms with van der Waals surface area (Å²) >= 11 is 8.11. The van der Waals surface area contributed by atoms with Crippen molar-refractivity contribution in [3.8, 4) is 11.5 Å². The zero-order chi connectivity index (χ0) is 15.5. The van der Waals surface area contributed by atoms with Crippen LogP contribution in [0.4, 0.5) is 10.5 Å². The van der Waals surface area contributed by atoms with E-state index in [1.165, 1.54) is 14.2 Å². The van der Waals surface area contributed by atoms with E-state index in [2.05, 4.69) is 0 Å². The molecule has 0 saturated carbocycles. The first-order valence-corrected chi connectivity index (χ1v) is 7.21. The largest absolute Gasteiger partial charge is 0.497 e. The molecule has 0 N–H and O–H groups in total. The first-order chi connectivity index (χ1) is 9.19. The molecule has 0 aromatic heterocycles. The first-order valence-electron chi connectivity index (χ1n) is 5.80. The number of methoxy groups -OCH3 is 2. The first kappa shape index (κ1) is 17.2. The van der Waals surface area contributed by atoms with Crippen molar-refractivity contribution in [2.24, 2.45) is 0 Å². The second kappa shape index (κ2) is 6.71. The van der Waals surface area contributed by atoms with Crippen molar-refractivity contribution < 1.29 is 19.0 Å². The standard InChI is InChI=1S/C13H17ClINO4/c1-13(2,3)20-12(17)16(14)9-6-8(18-4)7-10(19-5)11(9)15/h6-7H,1-5H3. The molecule has 1 aromatic rings. The predicted molar refractivity (Wildman–Crippen MR) is 86.8 cm³/mol. The summed E-state index contributed by atoms with van der Waals surface area (Å²) in [4.78, 5) is 12.0. The molecule has 0 radical (unpaired) electrons. The smallest absolute Gasteiger partial charge is 0.429 e. The van der Waals surface area contributed by atoms with E-state index in [0.29, 0.717) is 20.8 Å². The normalized spacial score (nSPS) is 10.9. The van der Waals surface area contributed by atoms with Gasteiger partial charge < -0.3 is 14.2 Å². The Kier molecular flexibility index (Phi) is 5.76. The molecule has 20 heavy (non-hydrogen) atoms. The SMILES string of the molecule is COc1cc(OC)c(I)c(N(Cl)C(=O)OC(C)(C)C)c1. The fourth-order valence-electron chi connectivity index (χ4n) is 1.37. The quantitative estimate of drug-likeness (QED) is 0.550. The van der Waals surface area contributed by atoms with Gasteiger partial charge in [0, 0.05) is 23.9 Å². The third-order valence-electron chi connectivity index (χ3n) is 2.21. The minimum Gasteiger partial charge on any atom is -0.497 e. The second-order valence-electron chi connectivity index (χ2n) is 4.92. The number of nitrogens with zero attached hydrogens (tertiary/aromatic N) is 1. The van der Waals surface area contributed by atoms with E-state index in [1.54, 1.807) is 32.9 Å². The lowest BCUT2D eigenvalue weighted by Crippen LogP contribution is -2.31. The highest BCUT2D eigenvalue weighted by Gasteiger charge is 2.25. The van der Waals surface area contributed by atoms with Crippen molar-refractivity contribution in [1.82, 2.24) is 0 Å². The van der Waals surface area contributed by atoms with Crippen molar-refractivity contribution >= 4 is 46.1 Å². The number of anilines is 1. The lowest BCUT2D eigenvalue weighted by molar-refractivity contribution is 0.0609. The molecule has 0 heterocycles. The van der Waals surface area contributed by atoms with E-state index in [0.717, 1.165) is 4.42 Å². The second-order valence-corrected chi connectivity index (χ2v) is 6.34. The Hall–Kier alpha value is -0.890. The molecule has 0 aliphatic heterocycles. The van der Waals surface area contributed by atoms with Crippen LogP contribution in [0.1, 0.15) is 20.8 Å². The van der Waals surface area contributed by atoms with Crippen LogP contribution in [0.3, 0.4) is 0 Å². The number of hydrogen-bond donors (Lipinski definition) is 0. The summed E-state index contributed by atoms with van der Waals surface area (Å²) in [6.07, 6.45) is -0.660. The van der Waals surface area contributed by atoms with Crippen molar-refractivity contribution in [3.05, 3.63) is 15.7 Å². The number of rotatable bonds is 3. The fraction of sp³-hybridized carbons (Fsp3) is 0.462. The summed E-state index contributed by atoms with van der Waals surface area (Å²) in [5, 5.41) is 0. The average Bonchev–Trinajstić information content (AvgIpc) is 2.36. The summed E-state index contributed by atoms with van der Waals surface area (Å²) in [6.45, 7) is 5.31. The lowest BCUT2D eigenvalue weighted by atomic mass is 10.2. The number of halogens is 2. The van der Waals surface area contributed by atoms with Gasteiger partial charge in [0.25, 0.3) is 0 Å². The Bertz CT molecular complexity index is 502. The molecular formula is C13H17ClINO4. The number of carbonyl (C=O) groups is 1. The molecule has 0 spiro atoms. The maximum atomic E-state index is 12.0. The molecule has 1 rings (SSSR count). The van der Waals surface area contributed by atoms with Crippen LogP contribution in [0, 0.1) is 3.57 Å². The van der Waals surface area contributed by atoms with Crippen molar-refractivity contribution in [2.45, 2.75) is 26.4 Å². The van der Waals surface area contributed by atoms with Crippen LogP contribution in [0.2, 0.25) is 0 Å². The summed E-state index contributed by atoms with van der Waals surface area (Å²) in [5.74, 6) is 1.10. The number of benzene rings is 1. The van der Waals surface area contributed by atoms with Crippen molar-refractivity contribution in [2.75, 3.05) is 18.6 Å². The summed E-state index contributed by atoms with van der Waals surface area (Å²) in [7, 11) is 3.06. The molecule has 0 bridgehead atoms. The van der Waals surface area contributed by atoms with E-state index >= 15 is 0 Å². The van der Waals surface area contributed by atoms with Gasteiger partial charge in [0.05, 0.1) is 23.5 Å². The zero-order valence-electron chi connectivity index (χ0n) is 12.0. The van der Waals surface area contributed by atoms with E-state index < -0.39 is 11.7 Å². The summed E-state index contributed by atoms with van der Waals surface area (Å²) in [5.41, 5.74) is -0.184. The number of carbonyl (C=O) groups excluding carboxylic acids is 1. The monoisotopic (exact) mass is 413 g/mol. The van der Waals surface area contributed by atoms with Crippen LogP contribution < -0.4 is 13.9 Å². The maximum absolute atomic E-state index is 12.0. The highest BCUT2D eigenvalue weighted by atomic mass is 127. The van der Waals surface area contributed by atoms with E-state index in [1.807, 2.05) is 22.6 Å². The van der Waals surface area contributed by atoms with Gasteiger partial charge in [0.15, 0.2) is 0 Å². The molecule has 5 nitrogen and oxygen atoms in total. The highest BCUT2D eigenvalue weighted by molar-refractivity contribution is 14.1. The van der Waals surface area contributed by atoms with Gasteiger partial charge in [-0.1, -0.05) is 0 Å². The van der Waals surface area contributed by atoms with E-state index in [9.17, 15) is 4.79 Å². The number of hydrogen-bond acceptors (Lipinski definition) is 4. The van der Waals surface area contributed by atoms with Crippen LogP contribution in [0.25, 0.3) is 0 Å². The molecular weight excluding hydrogens is 397 g/mol. The Morgan fingerprint density at radius 2 is 1.85 bits per heavy atom. The minimum atomic E-state index is -0.660. The van der Waals surface area contributed by atoms with Crippen LogP contribution in [0.5, 0.6) is 11.5 Å². The molecule has 1 amide bonds. The molecule has 0 unspecified atom stereocenters. The summed E-state index contributed by atoms with van der Waals surface area (Å²) < 4.78 is 17.2. The third kappa shape index (κ3) is 4.31. The molecule has 0 aliphatic rings. The van der Waals surface area contributed by atoms with E-state index in [4.69, 9.17) is 26.0 Å². The van der Waals surface area contributed by atoms with Gasteiger partial charge in [-0.3, -0.25) is 0 Å². The van der Waals surface area contributed by atoms with Crippen molar-refractivity contribution in [3.63, 3.8) is 0 Å². The Morgan fingerprint density at radius 1 is 1.25 bits per heavy atom. The molecule has 7 heteroatoms. The Balaban J connectivity index is 3.14. The molecule has 0 atom stereocenters. The predicted octanol–water partition coefficient (Wildman–Crippen LogP) is 4.20. The Labute approximate surface area is 137 Å². The molecule has 112 valence electrons. The molecule has 1 aromatic carbocycles. The van der Waals surface area contributed by atoms with Gasteiger partial charge in [-0.2, -0.15) is 4.42 Å². The molecule has 0 saturated heterocycles. The number of amides is 1. The number of ether oxygens (including phenoxy) is 3. The summed E-state index contributed by atoms with van der Waals surface area (Å²) in [6, 6.07) is 3.35. The average molecular weight is 414 g/mol. The Morgan fingerprint density at radius 3 is 2.30 bits per heavy atom. The zero-order valence-corrected chi connectivity index (χ0v) is 14.9. The van der Waals surface area contributed by atoms with Gasteiger partial charge in [-0.25, -0.2) is 4.79 Å². The van der Waals surface area contributed by atoms with Crippen molar-refractivity contribution in [1.29, 1.82) is 0 Å². The molecule has 0 aliphatic carbocycles. The van der Waals surface area contributed by atoms with Gasteiger partial charge in [-0.05, 0) is 43.4 Å². The fourth-order valence-corrected chi connectivity index (χ4v) is 2.45. The molecule has 0 fully saturated rings. The van der Waals surface area contributed by atoms with Crippen LogP contribution in [0.15, 0.2) is 12.1 Å². The van der Waals surface area contributed by atoms with Gasteiger partial charge in [0.2, 0.25) is 0 Å². The maximum Gasteiger partial charge on any atom is 0.429 e. The van der Waals surface area contributed by atoms with Gasteiger partial charge in [-0.15, -0.1) is 0 Å².